The fraction of sp³-hybridized carbons (Fsp3) is 0.238. The number of nitrogens with two attached hydrogens (primary N) is 1. The highest BCUT2D eigenvalue weighted by Crippen LogP contribution is 2.34. The molecule has 132 valence electrons. The number of hydrogen-bond acceptors (Lipinski definition) is 5. The van der Waals surface area contributed by atoms with Crippen molar-refractivity contribution in [2.24, 2.45) is 5.73 Å². The summed E-state index contributed by atoms with van der Waals surface area (Å²) in [5, 5.41) is 2.33. The smallest absolute Gasteiger partial charge is 0.170 e. The topological polar surface area (TPSA) is 55.0 Å². The van der Waals surface area contributed by atoms with Gasteiger partial charge in [-0.2, -0.15) is 0 Å². The van der Waals surface area contributed by atoms with E-state index >= 15 is 0 Å². The first-order chi connectivity index (χ1) is 12.7. The molecule has 0 aliphatic carbocycles. The van der Waals surface area contributed by atoms with Gasteiger partial charge in [0, 0.05) is 10.1 Å². The lowest BCUT2D eigenvalue weighted by molar-refractivity contribution is 0.283. The molecule has 0 fully saturated rings. The van der Waals surface area contributed by atoms with E-state index in [1.165, 1.54) is 10.1 Å². The van der Waals surface area contributed by atoms with Gasteiger partial charge in [-0.25, -0.2) is 9.97 Å². The summed E-state index contributed by atoms with van der Waals surface area (Å²) < 4.78 is 1.26. The first-order valence-corrected chi connectivity index (χ1v) is 9.61. The minimum Gasteiger partial charge on any atom is -0.330 e. The molecule has 0 aliphatic rings. The Morgan fingerprint density at radius 2 is 1.81 bits per heavy atom. The minimum atomic E-state index is 0.168. The summed E-state index contributed by atoms with van der Waals surface area (Å²) in [5.41, 5.74) is 7.92. The molecule has 1 atom stereocenters. The van der Waals surface area contributed by atoms with Gasteiger partial charge in [0.2, 0.25) is 0 Å². The molecule has 4 rings (SSSR count). The average Bonchev–Trinajstić information content (AvgIpc) is 3.09. The predicted molar refractivity (Wildman–Crippen MR) is 110 cm³/mol. The van der Waals surface area contributed by atoms with Crippen LogP contribution < -0.4 is 5.73 Å². The van der Waals surface area contributed by atoms with Crippen LogP contribution in [0.2, 0.25) is 0 Å². The van der Waals surface area contributed by atoms with Gasteiger partial charge in [0.25, 0.3) is 0 Å². The molecule has 2 heterocycles. The SMILES string of the molecule is CN(C)C(CCN)c1nc(-c2cc3ccccc3s2)nc2ccccc12. The lowest BCUT2D eigenvalue weighted by Gasteiger charge is -2.24. The zero-order valence-corrected chi connectivity index (χ0v) is 15.8. The fourth-order valence-electron chi connectivity index (χ4n) is 3.35. The van der Waals surface area contributed by atoms with Crippen LogP contribution in [0.5, 0.6) is 0 Å². The zero-order valence-electron chi connectivity index (χ0n) is 15.0. The molecule has 2 aromatic heterocycles. The summed E-state index contributed by atoms with van der Waals surface area (Å²) >= 11 is 1.74. The molecule has 2 aromatic carbocycles. The van der Waals surface area contributed by atoms with Crippen LogP contribution in [-0.2, 0) is 0 Å². The molecular formula is C21H22N4S. The van der Waals surface area contributed by atoms with Gasteiger partial charge in [-0.1, -0.05) is 36.4 Å². The van der Waals surface area contributed by atoms with Gasteiger partial charge in [0.1, 0.15) is 0 Å². The molecule has 0 aliphatic heterocycles. The third kappa shape index (κ3) is 3.09. The largest absolute Gasteiger partial charge is 0.330 e. The van der Waals surface area contributed by atoms with Crippen molar-refractivity contribution < 1.29 is 0 Å². The van der Waals surface area contributed by atoms with Crippen molar-refractivity contribution in [2.75, 3.05) is 20.6 Å². The number of rotatable bonds is 5. The zero-order chi connectivity index (χ0) is 18.1. The van der Waals surface area contributed by atoms with Crippen LogP contribution in [0.1, 0.15) is 18.2 Å². The van der Waals surface area contributed by atoms with Gasteiger partial charge in [0.05, 0.1) is 22.1 Å². The van der Waals surface area contributed by atoms with Crippen molar-refractivity contribution in [3.05, 3.63) is 60.3 Å². The number of para-hydroxylation sites is 1. The number of aromatic nitrogens is 2. The van der Waals surface area contributed by atoms with Gasteiger partial charge in [-0.3, -0.25) is 0 Å². The second-order valence-electron chi connectivity index (χ2n) is 6.65. The number of benzene rings is 2. The average molecular weight is 363 g/mol. The maximum absolute atomic E-state index is 5.88. The van der Waals surface area contributed by atoms with Crippen molar-refractivity contribution >= 4 is 32.3 Å². The van der Waals surface area contributed by atoms with Gasteiger partial charge in [-0.15, -0.1) is 11.3 Å². The normalized spacial score (nSPS) is 12.9. The molecule has 0 saturated heterocycles. The van der Waals surface area contributed by atoms with Crippen LogP contribution in [0.15, 0.2) is 54.6 Å². The van der Waals surface area contributed by atoms with Gasteiger partial charge in [0.15, 0.2) is 5.82 Å². The number of thiophene rings is 1. The van der Waals surface area contributed by atoms with E-state index in [1.54, 1.807) is 11.3 Å². The predicted octanol–water partition coefficient (Wildman–Crippen LogP) is 4.46. The molecule has 0 spiro atoms. The van der Waals surface area contributed by atoms with Gasteiger partial charge >= 0.3 is 0 Å². The Kier molecular flexibility index (Phi) is 4.68. The lowest BCUT2D eigenvalue weighted by atomic mass is 10.0. The van der Waals surface area contributed by atoms with Crippen molar-refractivity contribution in [1.29, 1.82) is 0 Å². The minimum absolute atomic E-state index is 0.168. The van der Waals surface area contributed by atoms with E-state index in [0.717, 1.165) is 33.7 Å². The molecule has 1 unspecified atom stereocenters. The highest BCUT2D eigenvalue weighted by Gasteiger charge is 2.20. The summed E-state index contributed by atoms with van der Waals surface area (Å²) in [4.78, 5) is 13.2. The van der Waals surface area contributed by atoms with E-state index in [0.29, 0.717) is 6.54 Å². The standard InChI is InChI=1S/C21H22N4S/c1-25(2)17(11-12-22)20-15-8-4-5-9-16(15)23-21(24-20)19-13-14-7-3-6-10-18(14)26-19/h3-10,13,17H,11-12,22H2,1-2H3. The van der Waals surface area contributed by atoms with Crippen LogP contribution in [0, 0.1) is 0 Å². The van der Waals surface area contributed by atoms with Crippen molar-refractivity contribution in [1.82, 2.24) is 14.9 Å². The Morgan fingerprint density at radius 3 is 2.58 bits per heavy atom. The van der Waals surface area contributed by atoms with Gasteiger partial charge in [-0.05, 0) is 50.6 Å². The summed E-state index contributed by atoms with van der Waals surface area (Å²) in [6, 6.07) is 19.0. The fourth-order valence-corrected chi connectivity index (χ4v) is 4.35. The van der Waals surface area contributed by atoms with E-state index in [1.807, 2.05) is 12.1 Å². The Bertz CT molecular complexity index is 1020. The summed E-state index contributed by atoms with van der Waals surface area (Å²) in [6.07, 6.45) is 0.861. The van der Waals surface area contributed by atoms with E-state index in [-0.39, 0.29) is 6.04 Å². The van der Waals surface area contributed by atoms with Crippen LogP contribution >= 0.6 is 11.3 Å². The Morgan fingerprint density at radius 1 is 1.04 bits per heavy atom. The summed E-state index contributed by atoms with van der Waals surface area (Å²) in [6.45, 7) is 0.624. The van der Waals surface area contributed by atoms with E-state index < -0.39 is 0 Å². The maximum Gasteiger partial charge on any atom is 0.170 e. The van der Waals surface area contributed by atoms with E-state index in [2.05, 4.69) is 61.5 Å². The Hall–Kier alpha value is -2.34. The molecule has 4 nitrogen and oxygen atoms in total. The molecular weight excluding hydrogens is 340 g/mol. The first kappa shape index (κ1) is 17.1. The third-order valence-electron chi connectivity index (χ3n) is 4.66. The second kappa shape index (κ2) is 7.11. The van der Waals surface area contributed by atoms with Crippen LogP contribution in [0.4, 0.5) is 0 Å². The van der Waals surface area contributed by atoms with Crippen molar-refractivity contribution in [3.8, 4) is 10.7 Å². The molecule has 26 heavy (non-hydrogen) atoms. The molecule has 0 saturated carbocycles. The quantitative estimate of drug-likeness (QED) is 0.569. The van der Waals surface area contributed by atoms with Crippen LogP contribution in [0.3, 0.4) is 0 Å². The summed E-state index contributed by atoms with van der Waals surface area (Å²) in [5.74, 6) is 0.795. The second-order valence-corrected chi connectivity index (χ2v) is 7.74. The highest BCUT2D eigenvalue weighted by atomic mass is 32.1. The molecule has 5 heteroatoms. The van der Waals surface area contributed by atoms with Crippen LogP contribution in [-0.4, -0.2) is 35.5 Å². The number of hydrogen-bond donors (Lipinski definition) is 1. The van der Waals surface area contributed by atoms with Crippen LogP contribution in [0.25, 0.3) is 31.7 Å². The highest BCUT2D eigenvalue weighted by molar-refractivity contribution is 7.22. The van der Waals surface area contributed by atoms with E-state index in [4.69, 9.17) is 15.7 Å². The lowest BCUT2D eigenvalue weighted by Crippen LogP contribution is -2.24. The van der Waals surface area contributed by atoms with Gasteiger partial charge < -0.3 is 10.6 Å². The monoisotopic (exact) mass is 362 g/mol. The van der Waals surface area contributed by atoms with Crippen molar-refractivity contribution in [2.45, 2.75) is 12.5 Å². The van der Waals surface area contributed by atoms with E-state index in [9.17, 15) is 0 Å². The molecule has 4 aromatic rings. The number of fused-ring (bicyclic) bond motifs is 2. The Balaban J connectivity index is 1.93. The first-order valence-electron chi connectivity index (χ1n) is 8.79. The number of nitrogens with zero attached hydrogens (tertiary/aromatic N) is 3. The molecule has 0 radical (unpaired) electrons. The summed E-state index contributed by atoms with van der Waals surface area (Å²) in [7, 11) is 4.16. The maximum atomic E-state index is 5.88. The third-order valence-corrected chi connectivity index (χ3v) is 5.77. The van der Waals surface area contributed by atoms with Crippen molar-refractivity contribution in [3.63, 3.8) is 0 Å². The molecule has 0 bridgehead atoms. The molecule has 2 N–H and O–H groups in total. The Labute approximate surface area is 157 Å². The molecule has 0 amide bonds.